The number of carboxylic acids is 1. The molecule has 0 bridgehead atoms. The zero-order chi connectivity index (χ0) is 15.8. The number of carbonyl (C=O) groups excluding carboxylic acids is 1. The van der Waals surface area contributed by atoms with Crippen molar-refractivity contribution in [3.63, 3.8) is 0 Å². The van der Waals surface area contributed by atoms with Crippen LogP contribution in [0.25, 0.3) is 0 Å². The molecule has 0 radical (unpaired) electrons. The molecule has 0 heterocycles. The first-order chi connectivity index (χ1) is 9.99. The molecule has 1 aromatic carbocycles. The average molecular weight is 297 g/mol. The average Bonchev–Trinajstić information content (AvgIpc) is 2.46. The molecule has 0 aromatic heterocycles. The van der Waals surface area contributed by atoms with E-state index in [1.807, 2.05) is 0 Å². The summed E-state index contributed by atoms with van der Waals surface area (Å²) >= 11 is 0. The van der Waals surface area contributed by atoms with Gasteiger partial charge in [-0.2, -0.15) is 0 Å². The van der Waals surface area contributed by atoms with E-state index in [2.05, 4.69) is 11.9 Å². The van der Waals surface area contributed by atoms with E-state index in [0.29, 0.717) is 0 Å². The molecule has 0 saturated carbocycles. The molecular formula is C14H16FNO5. The van der Waals surface area contributed by atoms with Crippen molar-refractivity contribution in [2.24, 2.45) is 0 Å². The second-order valence-corrected chi connectivity index (χ2v) is 4.04. The standard InChI is InChI=1S/C14H16FNO5/c1-3-6-21-8-11(14(18)19)16-13(17)10-7-9(15)4-5-12(10)20-2/h3-5,7,11H,1,6,8H2,2H3,(H,16,17)(H,18,19). The van der Waals surface area contributed by atoms with Gasteiger partial charge in [0, 0.05) is 0 Å². The summed E-state index contributed by atoms with van der Waals surface area (Å²) < 4.78 is 23.1. The highest BCUT2D eigenvalue weighted by Gasteiger charge is 2.23. The normalized spacial score (nSPS) is 11.5. The maximum atomic E-state index is 13.2. The lowest BCUT2D eigenvalue weighted by atomic mass is 10.1. The molecule has 0 spiro atoms. The van der Waals surface area contributed by atoms with Crippen LogP contribution in [0.2, 0.25) is 0 Å². The van der Waals surface area contributed by atoms with Crippen molar-refractivity contribution in [1.29, 1.82) is 0 Å². The lowest BCUT2D eigenvalue weighted by Gasteiger charge is -2.15. The van der Waals surface area contributed by atoms with Crippen molar-refractivity contribution in [1.82, 2.24) is 5.32 Å². The molecule has 0 aliphatic rings. The number of ether oxygens (including phenoxy) is 2. The number of amides is 1. The SMILES string of the molecule is C=CCOCC(NC(=O)c1cc(F)ccc1OC)C(=O)O. The van der Waals surface area contributed by atoms with Gasteiger partial charge in [0.05, 0.1) is 25.9 Å². The second kappa shape index (κ2) is 8.01. The highest BCUT2D eigenvalue weighted by molar-refractivity contribution is 5.99. The molecule has 0 fully saturated rings. The number of rotatable bonds is 8. The molecule has 0 aliphatic carbocycles. The third-order valence-corrected chi connectivity index (χ3v) is 2.53. The molecule has 7 heteroatoms. The quantitative estimate of drug-likeness (QED) is 0.556. The van der Waals surface area contributed by atoms with Crippen LogP contribution in [-0.4, -0.2) is 43.3 Å². The largest absolute Gasteiger partial charge is 0.496 e. The molecule has 6 nitrogen and oxygen atoms in total. The summed E-state index contributed by atoms with van der Waals surface area (Å²) in [6.45, 7) is 3.35. The van der Waals surface area contributed by atoms with Gasteiger partial charge in [-0.1, -0.05) is 6.08 Å². The molecule has 1 rings (SSSR count). The number of carbonyl (C=O) groups is 2. The first-order valence-electron chi connectivity index (χ1n) is 6.05. The zero-order valence-corrected chi connectivity index (χ0v) is 11.5. The molecule has 0 saturated heterocycles. The Kier molecular flexibility index (Phi) is 6.35. The monoisotopic (exact) mass is 297 g/mol. The van der Waals surface area contributed by atoms with E-state index in [1.54, 1.807) is 0 Å². The number of hydrogen-bond acceptors (Lipinski definition) is 4. The number of halogens is 1. The van der Waals surface area contributed by atoms with E-state index in [0.717, 1.165) is 12.1 Å². The molecule has 1 atom stereocenters. The van der Waals surface area contributed by atoms with Crippen LogP contribution in [0.15, 0.2) is 30.9 Å². The van der Waals surface area contributed by atoms with E-state index >= 15 is 0 Å². The molecule has 1 amide bonds. The highest BCUT2D eigenvalue weighted by Crippen LogP contribution is 2.19. The number of benzene rings is 1. The molecule has 1 unspecified atom stereocenters. The van der Waals surface area contributed by atoms with Crippen molar-refractivity contribution in [2.45, 2.75) is 6.04 Å². The Morgan fingerprint density at radius 1 is 1.52 bits per heavy atom. The number of methoxy groups -OCH3 is 1. The first kappa shape index (κ1) is 16.6. The Labute approximate surface area is 121 Å². The predicted octanol–water partition coefficient (Wildman–Crippen LogP) is 1.22. The molecule has 1 aromatic rings. The lowest BCUT2D eigenvalue weighted by Crippen LogP contribution is -2.44. The minimum absolute atomic E-state index is 0.0903. The molecule has 0 aliphatic heterocycles. The van der Waals surface area contributed by atoms with Gasteiger partial charge in [0.15, 0.2) is 6.04 Å². The third-order valence-electron chi connectivity index (χ3n) is 2.53. The van der Waals surface area contributed by atoms with Crippen molar-refractivity contribution >= 4 is 11.9 Å². The fourth-order valence-electron chi connectivity index (χ4n) is 1.54. The lowest BCUT2D eigenvalue weighted by molar-refractivity contribution is -0.140. The number of aliphatic carboxylic acids is 1. The van der Waals surface area contributed by atoms with Gasteiger partial charge in [0.2, 0.25) is 0 Å². The van der Waals surface area contributed by atoms with Crippen LogP contribution in [0.4, 0.5) is 4.39 Å². The Hall–Kier alpha value is -2.41. The van der Waals surface area contributed by atoms with Crippen LogP contribution in [0.5, 0.6) is 5.75 Å². The Balaban J connectivity index is 2.84. The highest BCUT2D eigenvalue weighted by atomic mass is 19.1. The van der Waals surface area contributed by atoms with Gasteiger partial charge in [-0.25, -0.2) is 9.18 Å². The summed E-state index contributed by atoms with van der Waals surface area (Å²) in [7, 11) is 1.33. The number of nitrogens with one attached hydrogen (secondary N) is 1. The van der Waals surface area contributed by atoms with Gasteiger partial charge < -0.3 is 19.9 Å². The third kappa shape index (κ3) is 4.88. The summed E-state index contributed by atoms with van der Waals surface area (Å²) in [5.74, 6) is -2.51. The summed E-state index contributed by atoms with van der Waals surface area (Å²) in [6, 6.07) is 2.13. The van der Waals surface area contributed by atoms with Gasteiger partial charge in [0.1, 0.15) is 11.6 Å². The fraction of sp³-hybridized carbons (Fsp3) is 0.286. The maximum absolute atomic E-state index is 13.2. The molecular weight excluding hydrogens is 281 g/mol. The van der Waals surface area contributed by atoms with Gasteiger partial charge in [-0.05, 0) is 18.2 Å². The zero-order valence-electron chi connectivity index (χ0n) is 11.5. The van der Waals surface area contributed by atoms with Crippen LogP contribution in [0.1, 0.15) is 10.4 Å². The topological polar surface area (TPSA) is 84.9 Å². The minimum atomic E-state index is -1.26. The van der Waals surface area contributed by atoms with Crippen LogP contribution in [0.3, 0.4) is 0 Å². The van der Waals surface area contributed by atoms with E-state index in [-0.39, 0.29) is 24.5 Å². The van der Waals surface area contributed by atoms with Crippen LogP contribution < -0.4 is 10.1 Å². The predicted molar refractivity (Wildman–Crippen MR) is 72.9 cm³/mol. The van der Waals surface area contributed by atoms with Crippen molar-refractivity contribution in [2.75, 3.05) is 20.3 Å². The van der Waals surface area contributed by atoms with E-state index < -0.39 is 23.7 Å². The first-order valence-corrected chi connectivity index (χ1v) is 6.05. The van der Waals surface area contributed by atoms with Crippen LogP contribution >= 0.6 is 0 Å². The van der Waals surface area contributed by atoms with Crippen molar-refractivity contribution in [3.8, 4) is 5.75 Å². The van der Waals surface area contributed by atoms with Gasteiger partial charge >= 0.3 is 5.97 Å². The Morgan fingerprint density at radius 2 is 2.24 bits per heavy atom. The minimum Gasteiger partial charge on any atom is -0.496 e. The van der Waals surface area contributed by atoms with E-state index in [4.69, 9.17) is 14.6 Å². The summed E-state index contributed by atoms with van der Waals surface area (Å²) in [4.78, 5) is 23.1. The number of hydrogen-bond donors (Lipinski definition) is 2. The molecule has 114 valence electrons. The summed E-state index contributed by atoms with van der Waals surface area (Å²) in [6.07, 6.45) is 1.45. The summed E-state index contributed by atoms with van der Waals surface area (Å²) in [5, 5.41) is 11.3. The molecule has 2 N–H and O–H groups in total. The van der Waals surface area contributed by atoms with Gasteiger partial charge in [-0.3, -0.25) is 4.79 Å². The van der Waals surface area contributed by atoms with Gasteiger partial charge in [-0.15, -0.1) is 6.58 Å². The van der Waals surface area contributed by atoms with Crippen LogP contribution in [0, 0.1) is 5.82 Å². The Morgan fingerprint density at radius 3 is 2.81 bits per heavy atom. The molecule has 21 heavy (non-hydrogen) atoms. The van der Waals surface area contributed by atoms with Crippen molar-refractivity contribution < 1.29 is 28.6 Å². The maximum Gasteiger partial charge on any atom is 0.328 e. The van der Waals surface area contributed by atoms with Gasteiger partial charge in [0.25, 0.3) is 5.91 Å². The van der Waals surface area contributed by atoms with Crippen molar-refractivity contribution in [3.05, 3.63) is 42.2 Å². The van der Waals surface area contributed by atoms with E-state index in [9.17, 15) is 14.0 Å². The van der Waals surface area contributed by atoms with E-state index in [1.165, 1.54) is 19.3 Å². The fourth-order valence-corrected chi connectivity index (χ4v) is 1.54. The second-order valence-electron chi connectivity index (χ2n) is 4.04. The Bertz CT molecular complexity index is 532. The summed E-state index contributed by atoms with van der Waals surface area (Å²) in [5.41, 5.74) is -0.0903. The van der Waals surface area contributed by atoms with Crippen LogP contribution in [-0.2, 0) is 9.53 Å². The smallest absolute Gasteiger partial charge is 0.328 e. The number of carboxylic acid groups (broad SMARTS) is 1.